The molecular weight excluding hydrogens is 347 g/mol. The first-order chi connectivity index (χ1) is 11.5. The van der Waals surface area contributed by atoms with E-state index in [2.05, 4.69) is 10.3 Å². The summed E-state index contributed by atoms with van der Waals surface area (Å²) in [6.45, 7) is 7.36. The Morgan fingerprint density at radius 1 is 1.60 bits per heavy atom. The van der Waals surface area contributed by atoms with Gasteiger partial charge in [-0.25, -0.2) is 14.2 Å². The van der Waals surface area contributed by atoms with Crippen LogP contribution in [-0.4, -0.2) is 38.2 Å². The van der Waals surface area contributed by atoms with Crippen LogP contribution in [0, 0.1) is 17.1 Å². The second-order valence-electron chi connectivity index (χ2n) is 7.55. The summed E-state index contributed by atoms with van der Waals surface area (Å²) in [5.74, 6) is -0.655. The van der Waals surface area contributed by atoms with E-state index < -0.39 is 23.0 Å². The van der Waals surface area contributed by atoms with E-state index in [1.807, 2.05) is 27.7 Å². The van der Waals surface area contributed by atoms with Crippen LogP contribution in [0.3, 0.4) is 0 Å². The zero-order chi connectivity index (χ0) is 19.0. The van der Waals surface area contributed by atoms with Crippen LogP contribution < -0.4 is 5.32 Å². The lowest BCUT2D eigenvalue weighted by Gasteiger charge is -2.39. The van der Waals surface area contributed by atoms with Crippen LogP contribution in [-0.2, 0) is 0 Å². The standard InChI is InChI=1S/C17H22ClFN4O2/c1-10(23(15(24)25)16(2,3)4)8-17(5-6-17)22-14-12(19)7-11(9-20)13(18)21-14/h7,10H,5-6,8H2,1-4H3,(H,21,22)(H,24,25)/t10-/m0/s1. The number of carbonyl (C=O) groups is 1. The molecule has 1 atom stereocenters. The number of nitriles is 1. The zero-order valence-electron chi connectivity index (χ0n) is 14.7. The molecule has 1 amide bonds. The largest absolute Gasteiger partial charge is 0.465 e. The van der Waals surface area contributed by atoms with Gasteiger partial charge in [-0.2, -0.15) is 5.26 Å². The van der Waals surface area contributed by atoms with E-state index in [4.69, 9.17) is 16.9 Å². The predicted molar refractivity (Wildman–Crippen MR) is 93.2 cm³/mol. The summed E-state index contributed by atoms with van der Waals surface area (Å²) in [7, 11) is 0. The maximum atomic E-state index is 14.1. The summed E-state index contributed by atoms with van der Waals surface area (Å²) in [4.78, 5) is 16.9. The highest BCUT2D eigenvalue weighted by molar-refractivity contribution is 6.30. The lowest BCUT2D eigenvalue weighted by molar-refractivity contribution is 0.0706. The van der Waals surface area contributed by atoms with Crippen molar-refractivity contribution in [2.75, 3.05) is 5.32 Å². The average molecular weight is 369 g/mol. The van der Waals surface area contributed by atoms with Crippen molar-refractivity contribution in [3.05, 3.63) is 22.6 Å². The fourth-order valence-electron chi connectivity index (χ4n) is 3.21. The van der Waals surface area contributed by atoms with E-state index in [0.29, 0.717) is 6.42 Å². The number of hydrogen-bond donors (Lipinski definition) is 2. The molecule has 0 spiro atoms. The molecule has 2 rings (SSSR count). The van der Waals surface area contributed by atoms with Crippen LogP contribution >= 0.6 is 11.6 Å². The Morgan fingerprint density at radius 2 is 2.20 bits per heavy atom. The molecule has 136 valence electrons. The minimum Gasteiger partial charge on any atom is -0.465 e. The van der Waals surface area contributed by atoms with Crippen molar-refractivity contribution >= 4 is 23.5 Å². The summed E-state index contributed by atoms with van der Waals surface area (Å²) in [6.07, 6.45) is 1.11. The number of carboxylic acid groups (broad SMARTS) is 1. The van der Waals surface area contributed by atoms with Gasteiger partial charge in [0.15, 0.2) is 11.6 Å². The van der Waals surface area contributed by atoms with Gasteiger partial charge >= 0.3 is 6.09 Å². The minimum atomic E-state index is -0.985. The Hall–Kier alpha value is -2.07. The number of nitrogens with zero attached hydrogens (tertiary/aromatic N) is 3. The Balaban J connectivity index is 2.17. The van der Waals surface area contributed by atoms with Crippen LogP contribution in [0.4, 0.5) is 15.0 Å². The monoisotopic (exact) mass is 368 g/mol. The smallest absolute Gasteiger partial charge is 0.407 e. The quantitative estimate of drug-likeness (QED) is 0.758. The summed E-state index contributed by atoms with van der Waals surface area (Å²) >= 11 is 5.88. The van der Waals surface area contributed by atoms with E-state index in [1.54, 1.807) is 6.07 Å². The number of amides is 1. The molecule has 0 radical (unpaired) electrons. The zero-order valence-corrected chi connectivity index (χ0v) is 15.5. The van der Waals surface area contributed by atoms with Crippen molar-refractivity contribution in [1.82, 2.24) is 9.88 Å². The fraction of sp³-hybridized carbons (Fsp3) is 0.588. The Bertz CT molecular complexity index is 723. The Kier molecular flexibility index (Phi) is 5.14. The van der Waals surface area contributed by atoms with Gasteiger partial charge in [-0.3, -0.25) is 0 Å². The van der Waals surface area contributed by atoms with Crippen LogP contribution in [0.5, 0.6) is 0 Å². The first-order valence-electron chi connectivity index (χ1n) is 8.06. The molecule has 1 fully saturated rings. The molecule has 1 saturated carbocycles. The number of rotatable bonds is 5. The molecule has 0 aliphatic heterocycles. The van der Waals surface area contributed by atoms with Gasteiger partial charge in [-0.05, 0) is 53.0 Å². The number of nitrogens with one attached hydrogen (secondary N) is 1. The van der Waals surface area contributed by atoms with Crippen LogP contribution in [0.2, 0.25) is 5.15 Å². The van der Waals surface area contributed by atoms with Crippen molar-refractivity contribution in [1.29, 1.82) is 5.26 Å². The molecule has 1 aromatic rings. The maximum Gasteiger partial charge on any atom is 0.407 e. The highest BCUT2D eigenvalue weighted by atomic mass is 35.5. The first-order valence-corrected chi connectivity index (χ1v) is 8.43. The highest BCUT2D eigenvalue weighted by Gasteiger charge is 2.46. The van der Waals surface area contributed by atoms with Gasteiger partial charge in [0.2, 0.25) is 0 Å². The van der Waals surface area contributed by atoms with Crippen molar-refractivity contribution in [3.8, 4) is 6.07 Å². The number of hydrogen-bond acceptors (Lipinski definition) is 4. The highest BCUT2D eigenvalue weighted by Crippen LogP contribution is 2.44. The normalized spacial score (nSPS) is 16.7. The van der Waals surface area contributed by atoms with Crippen molar-refractivity contribution < 1.29 is 14.3 Å². The molecule has 1 aliphatic rings. The van der Waals surface area contributed by atoms with Gasteiger partial charge in [0, 0.05) is 17.1 Å². The molecule has 0 unspecified atom stereocenters. The summed E-state index contributed by atoms with van der Waals surface area (Å²) in [6, 6.07) is 2.58. The van der Waals surface area contributed by atoms with Crippen molar-refractivity contribution in [2.45, 2.75) is 64.1 Å². The molecule has 1 aromatic heterocycles. The van der Waals surface area contributed by atoms with Gasteiger partial charge in [0.25, 0.3) is 0 Å². The lowest BCUT2D eigenvalue weighted by atomic mass is 9.99. The summed E-state index contributed by atoms with van der Waals surface area (Å²) in [5.41, 5.74) is -0.973. The van der Waals surface area contributed by atoms with Crippen LogP contribution in [0.25, 0.3) is 0 Å². The van der Waals surface area contributed by atoms with Gasteiger partial charge in [-0.15, -0.1) is 0 Å². The van der Waals surface area contributed by atoms with Crippen LogP contribution in [0.1, 0.15) is 52.5 Å². The van der Waals surface area contributed by atoms with Crippen LogP contribution in [0.15, 0.2) is 6.07 Å². The molecule has 25 heavy (non-hydrogen) atoms. The van der Waals surface area contributed by atoms with Gasteiger partial charge < -0.3 is 15.3 Å². The third-order valence-corrected chi connectivity index (χ3v) is 4.63. The number of pyridine rings is 1. The second-order valence-corrected chi connectivity index (χ2v) is 7.91. The maximum absolute atomic E-state index is 14.1. The molecular formula is C17H22ClFN4O2. The first kappa shape index (κ1) is 19.3. The summed E-state index contributed by atoms with van der Waals surface area (Å²) in [5, 5.41) is 21.4. The third-order valence-electron chi connectivity index (χ3n) is 4.34. The van der Waals surface area contributed by atoms with E-state index in [1.165, 1.54) is 4.90 Å². The van der Waals surface area contributed by atoms with Gasteiger partial charge in [0.05, 0.1) is 5.56 Å². The SMILES string of the molecule is C[C@@H](CC1(Nc2nc(Cl)c(C#N)cc2F)CC1)N(C(=O)O)C(C)(C)C. The van der Waals surface area contributed by atoms with Gasteiger partial charge in [0.1, 0.15) is 11.2 Å². The number of aromatic nitrogens is 1. The molecule has 2 N–H and O–H groups in total. The fourth-order valence-corrected chi connectivity index (χ4v) is 3.39. The van der Waals surface area contributed by atoms with Gasteiger partial charge in [-0.1, -0.05) is 11.6 Å². The summed E-state index contributed by atoms with van der Waals surface area (Å²) < 4.78 is 14.1. The minimum absolute atomic E-state index is 0.00802. The topological polar surface area (TPSA) is 89.3 Å². The van der Waals surface area contributed by atoms with E-state index in [9.17, 15) is 14.3 Å². The predicted octanol–water partition coefficient (Wildman–Crippen LogP) is 4.25. The van der Waals surface area contributed by atoms with E-state index >= 15 is 0 Å². The third kappa shape index (κ3) is 4.31. The molecule has 0 bridgehead atoms. The lowest BCUT2D eigenvalue weighted by Crippen LogP contribution is -2.51. The molecule has 1 aliphatic carbocycles. The molecule has 0 aromatic carbocycles. The Labute approximate surface area is 151 Å². The second kappa shape index (κ2) is 6.68. The Morgan fingerprint density at radius 3 is 2.64 bits per heavy atom. The van der Waals surface area contributed by atoms with E-state index in [-0.39, 0.29) is 22.6 Å². The molecule has 8 heteroatoms. The van der Waals surface area contributed by atoms with Crippen molar-refractivity contribution in [3.63, 3.8) is 0 Å². The van der Waals surface area contributed by atoms with Crippen molar-refractivity contribution in [2.24, 2.45) is 0 Å². The van der Waals surface area contributed by atoms with E-state index in [0.717, 1.165) is 18.9 Å². The molecule has 0 saturated heterocycles. The molecule has 6 nitrogen and oxygen atoms in total. The average Bonchev–Trinajstić information content (AvgIpc) is 3.19. The molecule has 1 heterocycles. The number of anilines is 1. The number of halogens is 2.